The number of carbonyl (C=O) groups excluding carboxylic acids is 1. The summed E-state index contributed by atoms with van der Waals surface area (Å²) in [5, 5.41) is 4.62. The highest BCUT2D eigenvalue weighted by Crippen LogP contribution is 2.22. The summed E-state index contributed by atoms with van der Waals surface area (Å²) in [5.74, 6) is 0.645. The van der Waals surface area contributed by atoms with Crippen molar-refractivity contribution in [3.8, 4) is 5.88 Å². The Balaban J connectivity index is 1.50. The van der Waals surface area contributed by atoms with Crippen LogP contribution in [-0.2, 0) is 9.57 Å². The minimum Gasteiger partial charge on any atom is -0.474 e. The molecule has 0 unspecified atom stereocenters. The molecule has 1 fully saturated rings. The Hall–Kier alpha value is -2.94. The van der Waals surface area contributed by atoms with Crippen LogP contribution in [-0.4, -0.2) is 46.0 Å². The lowest BCUT2D eigenvalue weighted by molar-refractivity contribution is -0.159. The zero-order chi connectivity index (χ0) is 21.7. The summed E-state index contributed by atoms with van der Waals surface area (Å²) in [7, 11) is 0. The van der Waals surface area contributed by atoms with Gasteiger partial charge in [-0.3, -0.25) is 0 Å². The van der Waals surface area contributed by atoms with Crippen molar-refractivity contribution in [2.45, 2.75) is 52.2 Å². The van der Waals surface area contributed by atoms with E-state index in [1.807, 2.05) is 0 Å². The van der Waals surface area contributed by atoms with Gasteiger partial charge in [-0.25, -0.2) is 19.2 Å². The molecule has 0 spiro atoms. The molecule has 9 heteroatoms. The molecule has 1 aliphatic rings. The molecule has 2 aromatic rings. The molecule has 0 aliphatic carbocycles. The highest BCUT2D eigenvalue weighted by atomic mass is 19.1. The highest BCUT2D eigenvalue weighted by Gasteiger charge is 2.26. The number of piperidine rings is 1. The van der Waals surface area contributed by atoms with Crippen molar-refractivity contribution in [2.75, 3.05) is 18.4 Å². The maximum atomic E-state index is 13.7. The number of benzene rings is 1. The number of aryl methyl sites for hydroxylation is 1. The number of nitrogens with one attached hydrogen (secondary N) is 1. The second-order valence-corrected chi connectivity index (χ2v) is 8.13. The minimum atomic E-state index is -0.707. The smallest absolute Gasteiger partial charge is 0.474 e. The Morgan fingerprint density at radius 3 is 2.60 bits per heavy atom. The van der Waals surface area contributed by atoms with Gasteiger partial charge in [-0.1, -0.05) is 6.07 Å². The van der Waals surface area contributed by atoms with Gasteiger partial charge in [0.2, 0.25) is 5.88 Å². The standard InChI is InChI=1S/C21H27FN4O4/c1-14-5-6-15(11-17(14)22)25-18-12-19(24-13-23-18)28-16-7-9-26(10-8-16)30-20(27)29-21(2,3)4/h5-6,11-13,16H,7-10H2,1-4H3,(H,23,24,25). The van der Waals surface area contributed by atoms with Crippen molar-refractivity contribution in [3.05, 3.63) is 42.0 Å². The predicted octanol–water partition coefficient (Wildman–Crippen LogP) is 4.38. The third-order valence-corrected chi connectivity index (χ3v) is 4.37. The van der Waals surface area contributed by atoms with Crippen molar-refractivity contribution in [3.63, 3.8) is 0 Å². The molecule has 0 bridgehead atoms. The number of ether oxygens (including phenoxy) is 2. The summed E-state index contributed by atoms with van der Waals surface area (Å²) in [6, 6.07) is 6.56. The fourth-order valence-corrected chi connectivity index (χ4v) is 2.88. The first-order valence-corrected chi connectivity index (χ1v) is 9.86. The Labute approximate surface area is 175 Å². The normalized spacial score (nSPS) is 15.5. The summed E-state index contributed by atoms with van der Waals surface area (Å²) in [6.45, 7) is 8.13. The zero-order valence-corrected chi connectivity index (χ0v) is 17.6. The van der Waals surface area contributed by atoms with Gasteiger partial charge in [-0.2, -0.15) is 0 Å². The first-order valence-electron chi connectivity index (χ1n) is 9.86. The van der Waals surface area contributed by atoms with E-state index in [0.29, 0.717) is 48.9 Å². The van der Waals surface area contributed by atoms with Crippen LogP contribution in [0.15, 0.2) is 30.6 Å². The first-order chi connectivity index (χ1) is 14.2. The van der Waals surface area contributed by atoms with Gasteiger partial charge in [0.05, 0.1) is 0 Å². The molecule has 0 amide bonds. The number of hydroxylamine groups is 2. The second kappa shape index (κ2) is 9.25. The maximum absolute atomic E-state index is 13.7. The van der Waals surface area contributed by atoms with Crippen LogP contribution in [0.25, 0.3) is 0 Å². The van der Waals surface area contributed by atoms with Crippen molar-refractivity contribution < 1.29 is 23.5 Å². The highest BCUT2D eigenvalue weighted by molar-refractivity contribution is 5.60. The van der Waals surface area contributed by atoms with Crippen LogP contribution in [0.2, 0.25) is 0 Å². The van der Waals surface area contributed by atoms with E-state index in [1.54, 1.807) is 51.0 Å². The van der Waals surface area contributed by atoms with Gasteiger partial charge in [0.15, 0.2) is 0 Å². The molecule has 1 saturated heterocycles. The average molecular weight is 418 g/mol. The molecule has 1 aromatic carbocycles. The number of hydrogen-bond acceptors (Lipinski definition) is 8. The van der Waals surface area contributed by atoms with Crippen molar-refractivity contribution >= 4 is 17.7 Å². The number of anilines is 2. The molecule has 8 nitrogen and oxygen atoms in total. The van der Waals surface area contributed by atoms with Gasteiger partial charge < -0.3 is 19.6 Å². The molecular weight excluding hydrogens is 391 g/mol. The quantitative estimate of drug-likeness (QED) is 0.716. The van der Waals surface area contributed by atoms with Gasteiger partial charge in [0.1, 0.15) is 29.7 Å². The zero-order valence-electron chi connectivity index (χ0n) is 17.6. The predicted molar refractivity (Wildman–Crippen MR) is 109 cm³/mol. The number of aromatic nitrogens is 2. The van der Waals surface area contributed by atoms with Crippen LogP contribution in [0.1, 0.15) is 39.2 Å². The van der Waals surface area contributed by atoms with E-state index < -0.39 is 11.8 Å². The van der Waals surface area contributed by atoms with Crippen LogP contribution in [0.5, 0.6) is 5.88 Å². The molecule has 30 heavy (non-hydrogen) atoms. The molecule has 1 N–H and O–H groups in total. The number of rotatable bonds is 5. The minimum absolute atomic E-state index is 0.0666. The van der Waals surface area contributed by atoms with Crippen LogP contribution < -0.4 is 10.1 Å². The summed E-state index contributed by atoms with van der Waals surface area (Å²) >= 11 is 0. The van der Waals surface area contributed by atoms with E-state index in [0.717, 1.165) is 0 Å². The van der Waals surface area contributed by atoms with Gasteiger partial charge in [-0.05, 0) is 45.4 Å². The van der Waals surface area contributed by atoms with Crippen LogP contribution in [0, 0.1) is 12.7 Å². The second-order valence-electron chi connectivity index (χ2n) is 8.13. The summed E-state index contributed by atoms with van der Waals surface area (Å²) < 4.78 is 24.8. The number of nitrogens with zero attached hydrogens (tertiary/aromatic N) is 3. The number of carbonyl (C=O) groups is 1. The topological polar surface area (TPSA) is 85.8 Å². The first kappa shape index (κ1) is 21.8. The van der Waals surface area contributed by atoms with E-state index in [4.69, 9.17) is 14.3 Å². The largest absolute Gasteiger partial charge is 0.528 e. The maximum Gasteiger partial charge on any atom is 0.528 e. The number of hydrogen-bond donors (Lipinski definition) is 1. The molecule has 3 rings (SSSR count). The molecule has 0 radical (unpaired) electrons. The van der Waals surface area contributed by atoms with Crippen LogP contribution in [0.4, 0.5) is 20.7 Å². The third kappa shape index (κ3) is 6.55. The molecule has 0 atom stereocenters. The van der Waals surface area contributed by atoms with Gasteiger partial charge >= 0.3 is 6.16 Å². The number of halogens is 1. The Morgan fingerprint density at radius 2 is 1.93 bits per heavy atom. The molecule has 1 aliphatic heterocycles. The molecule has 1 aromatic heterocycles. The Kier molecular flexibility index (Phi) is 6.71. The van der Waals surface area contributed by atoms with E-state index in [-0.39, 0.29) is 11.9 Å². The SMILES string of the molecule is Cc1ccc(Nc2cc(OC3CCN(OC(=O)OC(C)(C)C)CC3)ncn2)cc1F. The van der Waals surface area contributed by atoms with Crippen molar-refractivity contribution in [1.29, 1.82) is 0 Å². The molecule has 0 saturated carbocycles. The fraction of sp³-hybridized carbons (Fsp3) is 0.476. The third-order valence-electron chi connectivity index (χ3n) is 4.37. The Morgan fingerprint density at radius 1 is 1.20 bits per heavy atom. The van der Waals surface area contributed by atoms with Gasteiger partial charge in [0, 0.05) is 37.7 Å². The molecule has 162 valence electrons. The van der Waals surface area contributed by atoms with E-state index in [9.17, 15) is 9.18 Å². The fourth-order valence-electron chi connectivity index (χ4n) is 2.88. The van der Waals surface area contributed by atoms with Crippen LogP contribution in [0.3, 0.4) is 0 Å². The van der Waals surface area contributed by atoms with E-state index >= 15 is 0 Å². The Bertz CT molecular complexity index is 880. The average Bonchev–Trinajstić information content (AvgIpc) is 2.65. The van der Waals surface area contributed by atoms with Gasteiger partial charge in [-0.15, -0.1) is 5.06 Å². The van der Waals surface area contributed by atoms with Crippen LogP contribution >= 0.6 is 0 Å². The monoisotopic (exact) mass is 418 g/mol. The summed E-state index contributed by atoms with van der Waals surface area (Å²) in [4.78, 5) is 25.3. The van der Waals surface area contributed by atoms with E-state index in [1.165, 1.54) is 12.4 Å². The van der Waals surface area contributed by atoms with Crippen molar-refractivity contribution in [2.24, 2.45) is 0 Å². The van der Waals surface area contributed by atoms with Crippen molar-refractivity contribution in [1.82, 2.24) is 15.0 Å². The molecular formula is C21H27FN4O4. The summed E-state index contributed by atoms with van der Waals surface area (Å²) in [5.41, 5.74) is 0.575. The van der Waals surface area contributed by atoms with Gasteiger partial charge in [0.25, 0.3) is 0 Å². The lowest BCUT2D eigenvalue weighted by atomic mass is 10.1. The lowest BCUT2D eigenvalue weighted by Crippen LogP contribution is -2.40. The molecule has 2 heterocycles. The lowest BCUT2D eigenvalue weighted by Gasteiger charge is -2.30. The van der Waals surface area contributed by atoms with E-state index in [2.05, 4.69) is 15.3 Å². The summed E-state index contributed by atoms with van der Waals surface area (Å²) in [6.07, 6.45) is 1.95.